The molecule has 1 N–H and O–H groups in total. The Balaban J connectivity index is 1.88. The van der Waals surface area contributed by atoms with E-state index in [9.17, 15) is 4.79 Å². The maximum absolute atomic E-state index is 12.4. The number of aryl methyl sites for hydroxylation is 1. The Morgan fingerprint density at radius 3 is 2.92 bits per heavy atom. The minimum atomic E-state index is -0.485. The van der Waals surface area contributed by atoms with Gasteiger partial charge in [0.15, 0.2) is 0 Å². The number of ether oxygens (including phenoxy) is 2. The van der Waals surface area contributed by atoms with E-state index in [4.69, 9.17) is 9.47 Å². The number of nitrogens with one attached hydrogen (secondary N) is 1. The van der Waals surface area contributed by atoms with Crippen molar-refractivity contribution in [2.75, 3.05) is 19.8 Å². The summed E-state index contributed by atoms with van der Waals surface area (Å²) in [6.45, 7) is 12.2. The van der Waals surface area contributed by atoms with Gasteiger partial charge in [-0.05, 0) is 53.2 Å². The van der Waals surface area contributed by atoms with E-state index in [1.807, 2.05) is 45.9 Å². The highest BCUT2D eigenvalue weighted by molar-refractivity contribution is 5.68. The van der Waals surface area contributed by atoms with Crippen molar-refractivity contribution in [3.8, 4) is 0 Å². The van der Waals surface area contributed by atoms with Crippen LogP contribution in [0.1, 0.15) is 45.5 Å². The molecular formula is C19H31N3O3. The fourth-order valence-electron chi connectivity index (χ4n) is 2.88. The summed E-state index contributed by atoms with van der Waals surface area (Å²) in [5.74, 6) is 0. The molecule has 1 aliphatic heterocycles. The molecule has 6 heteroatoms. The number of hydrogen-bond acceptors (Lipinski definition) is 5. The number of carbonyl (C=O) groups is 1. The SMILES string of the molecule is Cc1cccc(CNC(C)CC2COCCN2C(=O)OC(C)(C)C)n1. The van der Waals surface area contributed by atoms with Crippen molar-refractivity contribution in [1.82, 2.24) is 15.2 Å². The maximum atomic E-state index is 12.4. The molecule has 25 heavy (non-hydrogen) atoms. The van der Waals surface area contributed by atoms with Crippen LogP contribution in [0.15, 0.2) is 18.2 Å². The van der Waals surface area contributed by atoms with Crippen LogP contribution in [0.4, 0.5) is 4.79 Å². The molecule has 1 saturated heterocycles. The first-order valence-electron chi connectivity index (χ1n) is 8.98. The van der Waals surface area contributed by atoms with Crippen molar-refractivity contribution in [2.24, 2.45) is 0 Å². The second-order valence-electron chi connectivity index (χ2n) is 7.69. The molecule has 1 aromatic heterocycles. The molecule has 2 heterocycles. The zero-order valence-electron chi connectivity index (χ0n) is 16.0. The van der Waals surface area contributed by atoms with Gasteiger partial charge in [-0.3, -0.25) is 4.98 Å². The van der Waals surface area contributed by atoms with E-state index in [0.29, 0.717) is 26.3 Å². The lowest BCUT2D eigenvalue weighted by Gasteiger charge is -2.37. The van der Waals surface area contributed by atoms with Gasteiger partial charge in [0.2, 0.25) is 0 Å². The molecule has 0 radical (unpaired) electrons. The molecule has 0 aliphatic carbocycles. The third-order valence-electron chi connectivity index (χ3n) is 4.06. The Morgan fingerprint density at radius 2 is 2.24 bits per heavy atom. The minimum Gasteiger partial charge on any atom is -0.444 e. The highest BCUT2D eigenvalue weighted by atomic mass is 16.6. The number of carbonyl (C=O) groups excluding carboxylic acids is 1. The number of nitrogens with zero attached hydrogens (tertiary/aromatic N) is 2. The normalized spacial score (nSPS) is 19.6. The van der Waals surface area contributed by atoms with Crippen LogP contribution >= 0.6 is 0 Å². The Morgan fingerprint density at radius 1 is 1.48 bits per heavy atom. The van der Waals surface area contributed by atoms with Gasteiger partial charge in [0.05, 0.1) is 24.9 Å². The molecule has 2 rings (SSSR count). The Hall–Kier alpha value is -1.66. The van der Waals surface area contributed by atoms with Gasteiger partial charge in [-0.15, -0.1) is 0 Å². The molecule has 0 bridgehead atoms. The molecule has 0 spiro atoms. The van der Waals surface area contributed by atoms with E-state index in [0.717, 1.165) is 17.8 Å². The second-order valence-corrected chi connectivity index (χ2v) is 7.69. The quantitative estimate of drug-likeness (QED) is 0.885. The van der Waals surface area contributed by atoms with E-state index >= 15 is 0 Å². The van der Waals surface area contributed by atoms with Gasteiger partial charge in [-0.2, -0.15) is 0 Å². The van der Waals surface area contributed by atoms with Gasteiger partial charge in [0.1, 0.15) is 5.60 Å². The molecule has 2 unspecified atom stereocenters. The molecule has 2 atom stereocenters. The molecule has 1 fully saturated rings. The Kier molecular flexibility index (Phi) is 6.79. The number of morpholine rings is 1. The van der Waals surface area contributed by atoms with E-state index in [1.165, 1.54) is 0 Å². The van der Waals surface area contributed by atoms with Crippen LogP contribution in [-0.2, 0) is 16.0 Å². The summed E-state index contributed by atoms with van der Waals surface area (Å²) in [5, 5.41) is 3.48. The summed E-state index contributed by atoms with van der Waals surface area (Å²) >= 11 is 0. The molecule has 6 nitrogen and oxygen atoms in total. The zero-order chi connectivity index (χ0) is 18.4. The Labute approximate surface area is 150 Å². The van der Waals surface area contributed by atoms with Crippen molar-refractivity contribution < 1.29 is 14.3 Å². The number of hydrogen-bond donors (Lipinski definition) is 1. The zero-order valence-corrected chi connectivity index (χ0v) is 16.0. The topological polar surface area (TPSA) is 63.7 Å². The molecule has 1 aliphatic rings. The molecule has 1 aromatic rings. The van der Waals surface area contributed by atoms with Crippen LogP contribution < -0.4 is 5.32 Å². The van der Waals surface area contributed by atoms with Crippen molar-refractivity contribution >= 4 is 6.09 Å². The first kappa shape index (κ1) is 19.7. The van der Waals surface area contributed by atoms with Gasteiger partial charge in [0.25, 0.3) is 0 Å². The van der Waals surface area contributed by atoms with Crippen LogP contribution in [0, 0.1) is 6.92 Å². The van der Waals surface area contributed by atoms with Crippen molar-refractivity contribution in [3.63, 3.8) is 0 Å². The number of pyridine rings is 1. The first-order valence-corrected chi connectivity index (χ1v) is 8.98. The van der Waals surface area contributed by atoms with Crippen LogP contribution in [-0.4, -0.2) is 53.4 Å². The summed E-state index contributed by atoms with van der Waals surface area (Å²) in [6.07, 6.45) is 0.554. The standard InChI is InChI=1S/C19H31N3O3/c1-14-7-6-8-16(21-14)12-20-15(2)11-17-13-24-10-9-22(17)18(23)25-19(3,4)5/h6-8,15,17,20H,9-13H2,1-5H3. The van der Waals surface area contributed by atoms with E-state index in [1.54, 1.807) is 4.90 Å². The van der Waals surface area contributed by atoms with E-state index in [-0.39, 0.29) is 18.2 Å². The highest BCUT2D eigenvalue weighted by Gasteiger charge is 2.31. The third-order valence-corrected chi connectivity index (χ3v) is 4.06. The number of aromatic nitrogens is 1. The van der Waals surface area contributed by atoms with Gasteiger partial charge < -0.3 is 19.7 Å². The van der Waals surface area contributed by atoms with Crippen molar-refractivity contribution in [1.29, 1.82) is 0 Å². The molecule has 0 aromatic carbocycles. The minimum absolute atomic E-state index is 0.0246. The summed E-state index contributed by atoms with van der Waals surface area (Å²) in [5.41, 5.74) is 1.56. The lowest BCUT2D eigenvalue weighted by atomic mass is 10.1. The molecule has 140 valence electrons. The fourth-order valence-corrected chi connectivity index (χ4v) is 2.88. The number of rotatable bonds is 5. The van der Waals surface area contributed by atoms with Crippen molar-refractivity contribution in [3.05, 3.63) is 29.6 Å². The van der Waals surface area contributed by atoms with Crippen LogP contribution in [0.5, 0.6) is 0 Å². The van der Waals surface area contributed by atoms with E-state index < -0.39 is 5.60 Å². The van der Waals surface area contributed by atoms with Crippen LogP contribution in [0.25, 0.3) is 0 Å². The monoisotopic (exact) mass is 349 g/mol. The average molecular weight is 349 g/mol. The smallest absolute Gasteiger partial charge is 0.410 e. The molecule has 1 amide bonds. The maximum Gasteiger partial charge on any atom is 0.410 e. The van der Waals surface area contributed by atoms with Gasteiger partial charge in [-0.25, -0.2) is 4.79 Å². The summed E-state index contributed by atoms with van der Waals surface area (Å²) in [7, 11) is 0. The largest absolute Gasteiger partial charge is 0.444 e. The predicted molar refractivity (Wildman–Crippen MR) is 97.4 cm³/mol. The van der Waals surface area contributed by atoms with Gasteiger partial charge >= 0.3 is 6.09 Å². The molecule has 0 saturated carbocycles. The Bertz CT molecular complexity index is 571. The van der Waals surface area contributed by atoms with Crippen LogP contribution in [0.2, 0.25) is 0 Å². The summed E-state index contributed by atoms with van der Waals surface area (Å²) in [6, 6.07) is 6.29. The van der Waals surface area contributed by atoms with E-state index in [2.05, 4.69) is 17.2 Å². The van der Waals surface area contributed by atoms with Gasteiger partial charge in [-0.1, -0.05) is 6.07 Å². The summed E-state index contributed by atoms with van der Waals surface area (Å²) < 4.78 is 11.1. The first-order chi connectivity index (χ1) is 11.7. The van der Waals surface area contributed by atoms with Crippen molar-refractivity contribution in [2.45, 2.75) is 65.3 Å². The lowest BCUT2D eigenvalue weighted by Crippen LogP contribution is -2.52. The summed E-state index contributed by atoms with van der Waals surface area (Å²) in [4.78, 5) is 18.7. The second kappa shape index (κ2) is 8.63. The predicted octanol–water partition coefficient (Wildman–Crippen LogP) is 2.89. The number of amides is 1. The fraction of sp³-hybridized carbons (Fsp3) is 0.684. The molecular weight excluding hydrogens is 318 g/mol. The van der Waals surface area contributed by atoms with Gasteiger partial charge in [0, 0.05) is 24.8 Å². The highest BCUT2D eigenvalue weighted by Crippen LogP contribution is 2.17. The van der Waals surface area contributed by atoms with Crippen LogP contribution in [0.3, 0.4) is 0 Å². The average Bonchev–Trinajstić information content (AvgIpc) is 2.52. The lowest BCUT2D eigenvalue weighted by molar-refractivity contribution is -0.0356. The third kappa shape index (κ3) is 6.63.